The highest BCUT2D eigenvalue weighted by Crippen LogP contribution is 2.30. The quantitative estimate of drug-likeness (QED) is 0.209. The lowest BCUT2D eigenvalue weighted by molar-refractivity contribution is -0.116. The van der Waals surface area contributed by atoms with Crippen LogP contribution < -0.4 is 16.0 Å². The van der Waals surface area contributed by atoms with Crippen molar-refractivity contribution in [3.05, 3.63) is 104 Å². The summed E-state index contributed by atoms with van der Waals surface area (Å²) < 4.78 is 0. The van der Waals surface area contributed by atoms with Crippen molar-refractivity contribution in [3.8, 4) is 0 Å². The Labute approximate surface area is 265 Å². The van der Waals surface area contributed by atoms with E-state index in [9.17, 15) is 14.4 Å². The second-order valence-electron chi connectivity index (χ2n) is 12.0. The second kappa shape index (κ2) is 13.8. The molecule has 3 heterocycles. The first-order valence-electron chi connectivity index (χ1n) is 15.0. The molecular weight excluding hydrogens is 564 g/mol. The summed E-state index contributed by atoms with van der Waals surface area (Å²) in [5.41, 5.74) is 10.3. The van der Waals surface area contributed by atoms with E-state index in [1.165, 1.54) is 0 Å². The standard InChI is InChI=1S/C36H42N6O3/c1-19-10-22(4)37-31(13-19)40-34(43)16-28-25(7)29(17-35(44)41-32-14-20(2)11-23(5)38-32)27(9)30(26(28)8)18-36(45)42-33-15-21(3)12-24(6)39-33/h10-15H,16-18H2,1-9H3,(H,37,40,43)(H,38,41,44)(H,39,42,45). The molecule has 0 aliphatic rings. The Hall–Kier alpha value is -4.92. The number of aromatic nitrogens is 3. The van der Waals surface area contributed by atoms with Gasteiger partial charge in [0.25, 0.3) is 0 Å². The first-order chi connectivity index (χ1) is 21.2. The van der Waals surface area contributed by atoms with Crippen molar-refractivity contribution >= 4 is 35.2 Å². The number of nitrogens with zero attached hydrogens (tertiary/aromatic N) is 3. The molecule has 0 spiro atoms. The van der Waals surface area contributed by atoms with Crippen LogP contribution in [-0.4, -0.2) is 32.7 Å². The van der Waals surface area contributed by atoms with Crippen molar-refractivity contribution in [1.82, 2.24) is 15.0 Å². The highest BCUT2D eigenvalue weighted by molar-refractivity contribution is 5.95. The van der Waals surface area contributed by atoms with E-state index >= 15 is 0 Å². The zero-order chi connectivity index (χ0) is 33.0. The molecule has 4 aromatic rings. The van der Waals surface area contributed by atoms with Gasteiger partial charge in [0.2, 0.25) is 17.7 Å². The average Bonchev–Trinajstić information content (AvgIpc) is 2.90. The van der Waals surface area contributed by atoms with Gasteiger partial charge in [0.15, 0.2) is 0 Å². The minimum Gasteiger partial charge on any atom is -0.310 e. The number of benzene rings is 1. The summed E-state index contributed by atoms with van der Waals surface area (Å²) in [5, 5.41) is 8.77. The van der Waals surface area contributed by atoms with E-state index in [-0.39, 0.29) is 37.0 Å². The molecule has 0 unspecified atom stereocenters. The number of hydrogen-bond acceptors (Lipinski definition) is 6. The summed E-state index contributed by atoms with van der Waals surface area (Å²) >= 11 is 0. The van der Waals surface area contributed by atoms with Gasteiger partial charge in [-0.3, -0.25) is 14.4 Å². The molecule has 0 bridgehead atoms. The Morgan fingerprint density at radius 2 is 0.689 bits per heavy atom. The van der Waals surface area contributed by atoms with E-state index in [2.05, 4.69) is 30.9 Å². The van der Waals surface area contributed by atoms with Gasteiger partial charge in [-0.25, -0.2) is 15.0 Å². The van der Waals surface area contributed by atoms with Crippen molar-refractivity contribution < 1.29 is 14.4 Å². The lowest BCUT2D eigenvalue weighted by Gasteiger charge is -2.22. The zero-order valence-corrected chi connectivity index (χ0v) is 27.7. The van der Waals surface area contributed by atoms with Crippen LogP contribution >= 0.6 is 0 Å². The molecule has 3 N–H and O–H groups in total. The van der Waals surface area contributed by atoms with E-state index in [0.717, 1.165) is 67.2 Å². The van der Waals surface area contributed by atoms with Gasteiger partial charge in [0.1, 0.15) is 17.5 Å². The first kappa shape index (κ1) is 33.0. The smallest absolute Gasteiger partial charge is 0.229 e. The molecule has 0 fully saturated rings. The molecule has 3 amide bonds. The number of pyridine rings is 3. The molecule has 0 atom stereocenters. The van der Waals surface area contributed by atoms with Gasteiger partial charge in [0, 0.05) is 17.1 Å². The third-order valence-corrected chi connectivity index (χ3v) is 7.82. The van der Waals surface area contributed by atoms with Crippen LogP contribution in [0.1, 0.15) is 67.2 Å². The Morgan fingerprint density at radius 3 is 0.911 bits per heavy atom. The van der Waals surface area contributed by atoms with E-state index in [0.29, 0.717) is 17.5 Å². The highest BCUT2D eigenvalue weighted by Gasteiger charge is 2.23. The number of carbonyl (C=O) groups excluding carboxylic acids is 3. The normalized spacial score (nSPS) is 10.9. The number of hydrogen-bond donors (Lipinski definition) is 3. The zero-order valence-electron chi connectivity index (χ0n) is 27.7. The maximum Gasteiger partial charge on any atom is 0.229 e. The molecule has 0 saturated carbocycles. The third kappa shape index (κ3) is 8.59. The summed E-state index contributed by atoms with van der Waals surface area (Å²) in [6.07, 6.45) is 0.188. The molecule has 0 aliphatic carbocycles. The topological polar surface area (TPSA) is 126 Å². The Kier molecular flexibility index (Phi) is 10.1. The largest absolute Gasteiger partial charge is 0.310 e. The Balaban J connectivity index is 1.68. The molecule has 9 heteroatoms. The summed E-state index contributed by atoms with van der Waals surface area (Å²) in [7, 11) is 0. The van der Waals surface area contributed by atoms with Gasteiger partial charge >= 0.3 is 0 Å². The van der Waals surface area contributed by atoms with Crippen LogP contribution in [0.4, 0.5) is 17.5 Å². The number of carbonyl (C=O) groups is 3. The van der Waals surface area contributed by atoms with Gasteiger partial charge in [-0.1, -0.05) is 0 Å². The second-order valence-corrected chi connectivity index (χ2v) is 12.0. The first-order valence-corrected chi connectivity index (χ1v) is 15.0. The van der Waals surface area contributed by atoms with Gasteiger partial charge in [-0.15, -0.1) is 0 Å². The Bertz CT molecular complexity index is 1520. The molecule has 4 rings (SSSR count). The van der Waals surface area contributed by atoms with Crippen LogP contribution in [0, 0.1) is 62.3 Å². The molecule has 3 aromatic heterocycles. The van der Waals surface area contributed by atoms with Crippen LogP contribution in [0.15, 0.2) is 36.4 Å². The van der Waals surface area contributed by atoms with E-state index < -0.39 is 0 Å². The van der Waals surface area contributed by atoms with Crippen LogP contribution in [0.25, 0.3) is 0 Å². The highest BCUT2D eigenvalue weighted by atomic mass is 16.2. The average molecular weight is 607 g/mol. The molecule has 0 aliphatic heterocycles. The molecular formula is C36H42N6O3. The lowest BCUT2D eigenvalue weighted by Crippen LogP contribution is -2.23. The maximum atomic E-state index is 13.3. The minimum atomic E-state index is -0.229. The summed E-state index contributed by atoms with van der Waals surface area (Å²) in [6.45, 7) is 17.3. The lowest BCUT2D eigenvalue weighted by atomic mass is 9.84. The SMILES string of the molecule is Cc1cc(C)nc(NC(=O)Cc2c(C)c(CC(=O)Nc3cc(C)cc(C)n3)c(C)c(CC(=O)Nc3cc(C)cc(C)n3)c2C)c1. The van der Waals surface area contributed by atoms with Crippen molar-refractivity contribution in [2.24, 2.45) is 0 Å². The van der Waals surface area contributed by atoms with Crippen LogP contribution in [0.2, 0.25) is 0 Å². The monoisotopic (exact) mass is 606 g/mol. The molecule has 9 nitrogen and oxygen atoms in total. The Morgan fingerprint density at radius 1 is 0.444 bits per heavy atom. The van der Waals surface area contributed by atoms with E-state index in [1.54, 1.807) is 0 Å². The van der Waals surface area contributed by atoms with Crippen molar-refractivity contribution in [1.29, 1.82) is 0 Å². The molecule has 0 radical (unpaired) electrons. The molecule has 45 heavy (non-hydrogen) atoms. The maximum absolute atomic E-state index is 13.3. The number of nitrogens with one attached hydrogen (secondary N) is 3. The van der Waals surface area contributed by atoms with Crippen LogP contribution in [0.5, 0.6) is 0 Å². The molecule has 0 saturated heterocycles. The fourth-order valence-corrected chi connectivity index (χ4v) is 5.94. The number of rotatable bonds is 9. The van der Waals surface area contributed by atoms with Crippen molar-refractivity contribution in [2.45, 2.75) is 81.6 Å². The van der Waals surface area contributed by atoms with Gasteiger partial charge < -0.3 is 16.0 Å². The van der Waals surface area contributed by atoms with Crippen molar-refractivity contribution in [3.63, 3.8) is 0 Å². The predicted molar refractivity (Wildman–Crippen MR) is 179 cm³/mol. The van der Waals surface area contributed by atoms with Crippen molar-refractivity contribution in [2.75, 3.05) is 16.0 Å². The number of anilines is 3. The third-order valence-electron chi connectivity index (χ3n) is 7.82. The summed E-state index contributed by atoms with van der Waals surface area (Å²) in [4.78, 5) is 53.4. The molecule has 234 valence electrons. The van der Waals surface area contributed by atoms with Gasteiger partial charge in [-0.05, 0) is 149 Å². The van der Waals surface area contributed by atoms with E-state index in [4.69, 9.17) is 0 Å². The van der Waals surface area contributed by atoms with Gasteiger partial charge in [-0.2, -0.15) is 0 Å². The number of amides is 3. The predicted octanol–water partition coefficient (Wildman–Crippen LogP) is 6.19. The molecule has 1 aromatic carbocycles. The number of aryl methyl sites for hydroxylation is 6. The van der Waals surface area contributed by atoms with Gasteiger partial charge in [0.05, 0.1) is 19.3 Å². The fraction of sp³-hybridized carbons (Fsp3) is 0.333. The minimum absolute atomic E-state index is 0.0626. The van der Waals surface area contributed by atoms with Crippen LogP contribution in [-0.2, 0) is 33.6 Å². The van der Waals surface area contributed by atoms with E-state index in [1.807, 2.05) is 98.7 Å². The summed E-state index contributed by atoms with van der Waals surface area (Å²) in [5.74, 6) is 0.773. The summed E-state index contributed by atoms with van der Waals surface area (Å²) in [6, 6.07) is 11.3. The fourth-order valence-electron chi connectivity index (χ4n) is 5.94. The van der Waals surface area contributed by atoms with Crippen LogP contribution in [0.3, 0.4) is 0 Å².